The predicted octanol–water partition coefficient (Wildman–Crippen LogP) is 3.41. The lowest BCUT2D eigenvalue weighted by Gasteiger charge is -2.14. The molecule has 4 heteroatoms. The molecule has 0 bridgehead atoms. The van der Waals surface area contributed by atoms with Crippen LogP contribution in [0.15, 0.2) is 42.5 Å². The Morgan fingerprint density at radius 3 is 2.95 bits per heavy atom. The molecular formula is C17H15FO3. The van der Waals surface area contributed by atoms with E-state index in [0.29, 0.717) is 30.1 Å². The van der Waals surface area contributed by atoms with Crippen molar-refractivity contribution in [2.75, 3.05) is 6.61 Å². The molecule has 108 valence electrons. The van der Waals surface area contributed by atoms with E-state index in [1.54, 1.807) is 24.3 Å². The summed E-state index contributed by atoms with van der Waals surface area (Å²) in [6.45, 7) is 1.83. The SMILES string of the molecule is CC(=O)c1ccccc1OCC1Cc2cc(F)ccc2O1. The van der Waals surface area contributed by atoms with Crippen LogP contribution in [0.2, 0.25) is 0 Å². The number of rotatable bonds is 4. The van der Waals surface area contributed by atoms with Gasteiger partial charge in [-0.2, -0.15) is 0 Å². The van der Waals surface area contributed by atoms with E-state index in [-0.39, 0.29) is 17.7 Å². The zero-order valence-electron chi connectivity index (χ0n) is 11.6. The predicted molar refractivity (Wildman–Crippen MR) is 76.5 cm³/mol. The fourth-order valence-electron chi connectivity index (χ4n) is 2.45. The van der Waals surface area contributed by atoms with Gasteiger partial charge < -0.3 is 9.47 Å². The molecule has 3 rings (SSSR count). The minimum absolute atomic E-state index is 0.0386. The number of fused-ring (bicyclic) bond motifs is 1. The number of carbonyl (C=O) groups is 1. The molecule has 3 nitrogen and oxygen atoms in total. The average Bonchev–Trinajstić information content (AvgIpc) is 2.87. The maximum Gasteiger partial charge on any atom is 0.163 e. The quantitative estimate of drug-likeness (QED) is 0.808. The molecular weight excluding hydrogens is 271 g/mol. The van der Waals surface area contributed by atoms with E-state index in [2.05, 4.69) is 0 Å². The molecule has 0 N–H and O–H groups in total. The van der Waals surface area contributed by atoms with Gasteiger partial charge in [0.25, 0.3) is 0 Å². The van der Waals surface area contributed by atoms with Crippen LogP contribution in [-0.4, -0.2) is 18.5 Å². The van der Waals surface area contributed by atoms with Gasteiger partial charge in [0.2, 0.25) is 0 Å². The lowest BCUT2D eigenvalue weighted by molar-refractivity contribution is 0.100. The largest absolute Gasteiger partial charge is 0.489 e. The van der Waals surface area contributed by atoms with E-state index < -0.39 is 0 Å². The molecule has 1 atom stereocenters. The van der Waals surface area contributed by atoms with Crippen molar-refractivity contribution in [2.45, 2.75) is 19.4 Å². The molecule has 1 unspecified atom stereocenters. The first-order valence-corrected chi connectivity index (χ1v) is 6.81. The van der Waals surface area contributed by atoms with Gasteiger partial charge in [-0.3, -0.25) is 4.79 Å². The fraction of sp³-hybridized carbons (Fsp3) is 0.235. The van der Waals surface area contributed by atoms with Gasteiger partial charge in [-0.1, -0.05) is 12.1 Å². The molecule has 0 amide bonds. The third-order valence-corrected chi connectivity index (χ3v) is 3.45. The van der Waals surface area contributed by atoms with Gasteiger partial charge in [0.1, 0.15) is 30.0 Å². The van der Waals surface area contributed by atoms with Gasteiger partial charge in [0, 0.05) is 12.0 Å². The van der Waals surface area contributed by atoms with Crippen LogP contribution in [0.5, 0.6) is 11.5 Å². The molecule has 0 aromatic heterocycles. The van der Waals surface area contributed by atoms with Gasteiger partial charge >= 0.3 is 0 Å². The van der Waals surface area contributed by atoms with Gasteiger partial charge in [-0.25, -0.2) is 4.39 Å². The number of carbonyl (C=O) groups excluding carboxylic acids is 1. The highest BCUT2D eigenvalue weighted by atomic mass is 19.1. The van der Waals surface area contributed by atoms with Gasteiger partial charge in [-0.15, -0.1) is 0 Å². The molecule has 0 saturated carbocycles. The molecule has 0 fully saturated rings. The highest BCUT2D eigenvalue weighted by molar-refractivity contribution is 5.96. The lowest BCUT2D eigenvalue weighted by Crippen LogP contribution is -2.22. The first kappa shape index (κ1) is 13.6. The van der Waals surface area contributed by atoms with E-state index in [0.717, 1.165) is 5.56 Å². The van der Waals surface area contributed by atoms with Crippen LogP contribution in [0, 0.1) is 5.82 Å². The number of Topliss-reactive ketones (excluding diaryl/α,β-unsaturated/α-hetero) is 1. The summed E-state index contributed by atoms with van der Waals surface area (Å²) in [6.07, 6.45) is 0.441. The average molecular weight is 286 g/mol. The van der Waals surface area contributed by atoms with Crippen molar-refractivity contribution >= 4 is 5.78 Å². The second-order valence-electron chi connectivity index (χ2n) is 5.06. The minimum atomic E-state index is -0.263. The van der Waals surface area contributed by atoms with Crippen LogP contribution >= 0.6 is 0 Å². The zero-order valence-corrected chi connectivity index (χ0v) is 11.6. The lowest BCUT2D eigenvalue weighted by atomic mass is 10.1. The van der Waals surface area contributed by atoms with Crippen LogP contribution in [0.25, 0.3) is 0 Å². The second kappa shape index (κ2) is 5.56. The maximum absolute atomic E-state index is 13.2. The van der Waals surface area contributed by atoms with E-state index in [9.17, 15) is 9.18 Å². The minimum Gasteiger partial charge on any atom is -0.489 e. The van der Waals surface area contributed by atoms with Gasteiger partial charge in [0.05, 0.1) is 5.56 Å². The third-order valence-electron chi connectivity index (χ3n) is 3.45. The first-order valence-electron chi connectivity index (χ1n) is 6.81. The van der Waals surface area contributed by atoms with Crippen LogP contribution in [0.4, 0.5) is 4.39 Å². The Balaban J connectivity index is 1.67. The number of ketones is 1. The Hall–Kier alpha value is -2.36. The van der Waals surface area contributed by atoms with Crippen molar-refractivity contribution in [3.63, 3.8) is 0 Å². The maximum atomic E-state index is 13.2. The summed E-state index contributed by atoms with van der Waals surface area (Å²) in [4.78, 5) is 11.5. The molecule has 21 heavy (non-hydrogen) atoms. The van der Waals surface area contributed by atoms with Crippen molar-refractivity contribution in [1.82, 2.24) is 0 Å². The number of ether oxygens (including phenoxy) is 2. The monoisotopic (exact) mass is 286 g/mol. The Bertz CT molecular complexity index is 681. The molecule has 0 aliphatic carbocycles. The first-order chi connectivity index (χ1) is 10.1. The molecule has 2 aromatic rings. The third kappa shape index (κ3) is 2.89. The molecule has 1 aliphatic rings. The van der Waals surface area contributed by atoms with Crippen LogP contribution in [-0.2, 0) is 6.42 Å². The summed E-state index contributed by atoms with van der Waals surface area (Å²) < 4.78 is 24.6. The standard InChI is InChI=1S/C17H15FO3/c1-11(19)15-4-2-3-5-17(15)20-10-14-9-12-8-13(18)6-7-16(12)21-14/h2-8,14H,9-10H2,1H3. The van der Waals surface area contributed by atoms with E-state index in [1.807, 2.05) is 6.07 Å². The summed E-state index contributed by atoms with van der Waals surface area (Å²) in [6, 6.07) is 11.6. The number of para-hydroxylation sites is 1. The summed E-state index contributed by atoms with van der Waals surface area (Å²) in [5.74, 6) is 0.949. The summed E-state index contributed by atoms with van der Waals surface area (Å²) in [7, 11) is 0. The van der Waals surface area contributed by atoms with Crippen LogP contribution < -0.4 is 9.47 Å². The highest BCUT2D eigenvalue weighted by Crippen LogP contribution is 2.30. The molecule has 1 heterocycles. The van der Waals surface area contributed by atoms with E-state index in [4.69, 9.17) is 9.47 Å². The number of hydrogen-bond donors (Lipinski definition) is 0. The molecule has 0 radical (unpaired) electrons. The van der Waals surface area contributed by atoms with Crippen molar-refractivity contribution in [1.29, 1.82) is 0 Å². The summed E-state index contributed by atoms with van der Waals surface area (Å²) in [5.41, 5.74) is 1.41. The summed E-state index contributed by atoms with van der Waals surface area (Å²) in [5, 5.41) is 0. The molecule has 2 aromatic carbocycles. The van der Waals surface area contributed by atoms with Crippen LogP contribution in [0.1, 0.15) is 22.8 Å². The Labute approximate surface area is 122 Å². The highest BCUT2D eigenvalue weighted by Gasteiger charge is 2.24. The number of hydrogen-bond acceptors (Lipinski definition) is 3. The Morgan fingerprint density at radius 1 is 1.33 bits per heavy atom. The topological polar surface area (TPSA) is 35.5 Å². The smallest absolute Gasteiger partial charge is 0.163 e. The normalized spacial score (nSPS) is 16.2. The molecule has 0 saturated heterocycles. The number of benzene rings is 2. The number of halogens is 1. The van der Waals surface area contributed by atoms with Gasteiger partial charge in [-0.05, 0) is 37.3 Å². The fourth-order valence-corrected chi connectivity index (χ4v) is 2.45. The zero-order chi connectivity index (χ0) is 14.8. The Morgan fingerprint density at radius 2 is 2.14 bits per heavy atom. The second-order valence-corrected chi connectivity index (χ2v) is 5.06. The van der Waals surface area contributed by atoms with Crippen molar-refractivity contribution < 1.29 is 18.7 Å². The van der Waals surface area contributed by atoms with Crippen molar-refractivity contribution in [2.24, 2.45) is 0 Å². The molecule has 0 spiro atoms. The van der Waals surface area contributed by atoms with Gasteiger partial charge in [0.15, 0.2) is 5.78 Å². The van der Waals surface area contributed by atoms with E-state index >= 15 is 0 Å². The van der Waals surface area contributed by atoms with E-state index in [1.165, 1.54) is 19.1 Å². The summed E-state index contributed by atoms with van der Waals surface area (Å²) >= 11 is 0. The van der Waals surface area contributed by atoms with Crippen molar-refractivity contribution in [3.05, 3.63) is 59.4 Å². The van der Waals surface area contributed by atoms with Crippen molar-refractivity contribution in [3.8, 4) is 11.5 Å². The molecule has 1 aliphatic heterocycles. The Kier molecular flexibility index (Phi) is 3.60. The van der Waals surface area contributed by atoms with Crippen LogP contribution in [0.3, 0.4) is 0 Å².